The molecule has 1 amide bonds. The number of alkyl halides is 1. The van der Waals surface area contributed by atoms with Crippen LogP contribution in [-0.2, 0) is 11.2 Å². The number of nitrogens with zero attached hydrogens (tertiary/aromatic N) is 1. The van der Waals surface area contributed by atoms with Gasteiger partial charge in [-0.2, -0.15) is 0 Å². The van der Waals surface area contributed by atoms with E-state index in [4.69, 9.17) is 4.74 Å². The Morgan fingerprint density at radius 1 is 1.44 bits per heavy atom. The van der Waals surface area contributed by atoms with Crippen LogP contribution in [0, 0.1) is 0 Å². The molecule has 0 bridgehead atoms. The molecule has 1 unspecified atom stereocenters. The number of carbonyl (C=O) groups is 1. The van der Waals surface area contributed by atoms with Crippen molar-refractivity contribution in [3.05, 3.63) is 29.8 Å². The Hall–Kier alpha value is -1.03. The van der Waals surface area contributed by atoms with Gasteiger partial charge in [0.15, 0.2) is 0 Å². The maximum atomic E-state index is 12.2. The van der Waals surface area contributed by atoms with Crippen LogP contribution in [-0.4, -0.2) is 17.1 Å². The van der Waals surface area contributed by atoms with E-state index < -0.39 is 0 Å². The van der Waals surface area contributed by atoms with Crippen LogP contribution in [0.2, 0.25) is 0 Å². The Balaban J connectivity index is 2.44. The molecule has 0 radical (unpaired) electrons. The molecular weight excluding hydrogens is 294 g/mol. The quantitative estimate of drug-likeness (QED) is 0.608. The summed E-state index contributed by atoms with van der Waals surface area (Å²) in [4.78, 5) is 14.0. The van der Waals surface area contributed by atoms with Gasteiger partial charge >= 0.3 is 6.09 Å². The minimum atomic E-state index is -0.326. The topological polar surface area (TPSA) is 29.5 Å². The van der Waals surface area contributed by atoms with Gasteiger partial charge in [0.1, 0.15) is 4.45 Å². The van der Waals surface area contributed by atoms with Crippen molar-refractivity contribution in [1.82, 2.24) is 0 Å². The van der Waals surface area contributed by atoms with Gasteiger partial charge in [0.05, 0.1) is 12.3 Å². The number of anilines is 1. The van der Waals surface area contributed by atoms with Gasteiger partial charge < -0.3 is 4.74 Å². The number of para-hydroxylation sites is 1. The molecule has 0 aromatic heterocycles. The molecule has 0 aliphatic carbocycles. The summed E-state index contributed by atoms with van der Waals surface area (Å²) in [6.45, 7) is 4.30. The van der Waals surface area contributed by atoms with Crippen LogP contribution in [0.25, 0.3) is 0 Å². The van der Waals surface area contributed by atoms with E-state index in [1.54, 1.807) is 4.90 Å². The fourth-order valence-corrected chi connectivity index (χ4v) is 2.91. The number of halogens is 1. The van der Waals surface area contributed by atoms with Crippen molar-refractivity contribution in [1.29, 1.82) is 0 Å². The number of hydrogen-bond acceptors (Lipinski definition) is 2. The number of aryl methyl sites for hydroxylation is 1. The highest BCUT2D eigenvalue weighted by Crippen LogP contribution is 2.43. The Morgan fingerprint density at radius 3 is 2.83 bits per heavy atom. The summed E-state index contributed by atoms with van der Waals surface area (Å²) in [5.74, 6) is 0. The summed E-state index contributed by atoms with van der Waals surface area (Å²) in [7, 11) is 0. The second kappa shape index (κ2) is 5.31. The summed E-state index contributed by atoms with van der Waals surface area (Å²) < 4.78 is 4.87. The normalized spacial score (nSPS) is 22.5. The SMILES string of the molecule is CCOC(=O)N1c2ccccc2CCC1(Br)CC. The highest BCUT2D eigenvalue weighted by molar-refractivity contribution is 9.10. The fourth-order valence-electron chi connectivity index (χ4n) is 2.38. The smallest absolute Gasteiger partial charge is 0.415 e. The molecule has 2 rings (SSSR count). The van der Waals surface area contributed by atoms with Crippen LogP contribution < -0.4 is 4.90 Å². The van der Waals surface area contributed by atoms with Crippen molar-refractivity contribution in [3.8, 4) is 0 Å². The summed E-state index contributed by atoms with van der Waals surface area (Å²) in [6.07, 6.45) is 2.45. The third-order valence-electron chi connectivity index (χ3n) is 3.40. The van der Waals surface area contributed by atoms with Crippen molar-refractivity contribution in [2.24, 2.45) is 0 Å². The van der Waals surface area contributed by atoms with E-state index >= 15 is 0 Å². The molecule has 0 saturated carbocycles. The van der Waals surface area contributed by atoms with E-state index in [-0.39, 0.29) is 10.5 Å². The largest absolute Gasteiger partial charge is 0.449 e. The molecule has 98 valence electrons. The number of ether oxygens (including phenoxy) is 1. The van der Waals surface area contributed by atoms with Crippen LogP contribution in [0.4, 0.5) is 10.5 Å². The Kier molecular flexibility index (Phi) is 3.95. The van der Waals surface area contributed by atoms with Crippen LogP contribution in [0.5, 0.6) is 0 Å². The maximum Gasteiger partial charge on any atom is 0.415 e. The van der Waals surface area contributed by atoms with Crippen molar-refractivity contribution in [3.63, 3.8) is 0 Å². The minimum Gasteiger partial charge on any atom is -0.449 e. The lowest BCUT2D eigenvalue weighted by Crippen LogP contribution is -2.50. The number of rotatable bonds is 2. The molecule has 1 atom stereocenters. The molecular formula is C14H18BrNO2. The molecule has 1 aliphatic heterocycles. The predicted molar refractivity (Wildman–Crippen MR) is 76.2 cm³/mol. The second-order valence-electron chi connectivity index (χ2n) is 4.43. The third-order valence-corrected chi connectivity index (χ3v) is 4.71. The molecule has 4 heteroatoms. The summed E-state index contributed by atoms with van der Waals surface area (Å²) in [6, 6.07) is 8.02. The predicted octanol–water partition coefficient (Wildman–Crippen LogP) is 4.10. The molecule has 0 fully saturated rings. The Morgan fingerprint density at radius 2 is 2.17 bits per heavy atom. The maximum absolute atomic E-state index is 12.2. The van der Waals surface area contributed by atoms with Gasteiger partial charge in [-0.15, -0.1) is 0 Å². The zero-order valence-corrected chi connectivity index (χ0v) is 12.4. The number of fused-ring (bicyclic) bond motifs is 1. The van der Waals surface area contributed by atoms with Gasteiger partial charge in [0.25, 0.3) is 0 Å². The Bertz CT molecular complexity index is 449. The lowest BCUT2D eigenvalue weighted by Gasteiger charge is -2.42. The number of benzene rings is 1. The summed E-state index contributed by atoms with van der Waals surface area (Å²) >= 11 is 3.73. The van der Waals surface area contributed by atoms with E-state index in [0.29, 0.717) is 6.61 Å². The highest BCUT2D eigenvalue weighted by atomic mass is 79.9. The fraction of sp³-hybridized carbons (Fsp3) is 0.500. The first-order chi connectivity index (χ1) is 8.62. The lowest BCUT2D eigenvalue weighted by molar-refractivity contribution is 0.154. The van der Waals surface area contributed by atoms with Gasteiger partial charge in [-0.05, 0) is 37.8 Å². The highest BCUT2D eigenvalue weighted by Gasteiger charge is 2.41. The molecule has 1 aliphatic rings. The van der Waals surface area contributed by atoms with E-state index in [1.165, 1.54) is 5.56 Å². The van der Waals surface area contributed by atoms with Gasteiger partial charge in [-0.1, -0.05) is 41.1 Å². The average molecular weight is 312 g/mol. The first-order valence-corrected chi connectivity index (χ1v) is 7.15. The van der Waals surface area contributed by atoms with Crippen LogP contribution in [0.3, 0.4) is 0 Å². The van der Waals surface area contributed by atoms with Crippen LogP contribution >= 0.6 is 15.9 Å². The second-order valence-corrected chi connectivity index (χ2v) is 5.91. The van der Waals surface area contributed by atoms with Crippen LogP contribution in [0.1, 0.15) is 32.3 Å². The molecule has 0 N–H and O–H groups in total. The molecule has 18 heavy (non-hydrogen) atoms. The molecule has 1 heterocycles. The third kappa shape index (κ3) is 2.26. The zero-order chi connectivity index (χ0) is 13.2. The zero-order valence-electron chi connectivity index (χ0n) is 10.8. The van der Waals surface area contributed by atoms with Crippen molar-refractivity contribution >= 4 is 27.7 Å². The van der Waals surface area contributed by atoms with Gasteiger partial charge in [-0.25, -0.2) is 4.79 Å². The standard InChI is InChI=1S/C14H18BrNO2/c1-3-14(15)10-9-11-7-5-6-8-12(11)16(14)13(17)18-4-2/h5-8H,3-4,9-10H2,1-2H3. The Labute approximate surface area is 116 Å². The monoisotopic (exact) mass is 311 g/mol. The molecule has 0 spiro atoms. The molecule has 1 aromatic carbocycles. The van der Waals surface area contributed by atoms with Crippen molar-refractivity contribution in [2.75, 3.05) is 11.5 Å². The van der Waals surface area contributed by atoms with Crippen molar-refractivity contribution < 1.29 is 9.53 Å². The molecule has 0 saturated heterocycles. The number of hydrogen-bond donors (Lipinski definition) is 0. The summed E-state index contributed by atoms with van der Waals surface area (Å²) in [5.41, 5.74) is 2.16. The van der Waals surface area contributed by atoms with Crippen molar-refractivity contribution in [2.45, 2.75) is 37.6 Å². The number of amides is 1. The first-order valence-electron chi connectivity index (χ1n) is 6.36. The minimum absolute atomic E-state index is 0.275. The van der Waals surface area contributed by atoms with Crippen LogP contribution in [0.15, 0.2) is 24.3 Å². The lowest BCUT2D eigenvalue weighted by atomic mass is 9.94. The van der Waals surface area contributed by atoms with E-state index in [0.717, 1.165) is 24.9 Å². The molecule has 3 nitrogen and oxygen atoms in total. The van der Waals surface area contributed by atoms with Gasteiger partial charge in [0, 0.05) is 0 Å². The van der Waals surface area contributed by atoms with Gasteiger partial charge in [-0.3, -0.25) is 4.90 Å². The molecule has 1 aromatic rings. The van der Waals surface area contributed by atoms with E-state index in [9.17, 15) is 4.79 Å². The summed E-state index contributed by atoms with van der Waals surface area (Å²) in [5, 5.41) is 0. The van der Waals surface area contributed by atoms with E-state index in [2.05, 4.69) is 28.9 Å². The van der Waals surface area contributed by atoms with E-state index in [1.807, 2.05) is 25.1 Å². The first kappa shape index (κ1) is 13.4. The average Bonchev–Trinajstić information content (AvgIpc) is 2.38. The van der Waals surface area contributed by atoms with Gasteiger partial charge in [0.2, 0.25) is 0 Å². The number of carbonyl (C=O) groups excluding carboxylic acids is 1.